The van der Waals surface area contributed by atoms with Gasteiger partial charge in [0, 0.05) is 17.5 Å². The highest BCUT2D eigenvalue weighted by Crippen LogP contribution is 2.46. The van der Waals surface area contributed by atoms with Gasteiger partial charge in [0.1, 0.15) is 5.75 Å². The van der Waals surface area contributed by atoms with Crippen molar-refractivity contribution in [3.8, 4) is 11.5 Å². The molecule has 0 spiro atoms. The molecule has 0 bridgehead atoms. The number of hydrogen-bond donors (Lipinski definition) is 0. The SMILES string of the molecule is COc1cc([N+](=O)[O-])c(OC)c2c1[C@@H](C)O[C@@H](C)C2. The van der Waals surface area contributed by atoms with E-state index in [1.807, 2.05) is 13.8 Å². The largest absolute Gasteiger partial charge is 0.496 e. The first-order valence-corrected chi connectivity index (χ1v) is 6.07. The second kappa shape index (κ2) is 5.05. The smallest absolute Gasteiger partial charge is 0.314 e. The fourth-order valence-corrected chi connectivity index (χ4v) is 2.63. The van der Waals surface area contributed by atoms with Crippen molar-refractivity contribution in [2.45, 2.75) is 32.5 Å². The van der Waals surface area contributed by atoms with Gasteiger partial charge in [0.05, 0.1) is 37.4 Å². The Hall–Kier alpha value is -1.82. The third-order valence-electron chi connectivity index (χ3n) is 3.32. The van der Waals surface area contributed by atoms with Gasteiger partial charge in [0.2, 0.25) is 5.75 Å². The first kappa shape index (κ1) is 13.6. The van der Waals surface area contributed by atoms with Crippen molar-refractivity contribution in [2.75, 3.05) is 14.2 Å². The summed E-state index contributed by atoms with van der Waals surface area (Å²) in [6.07, 6.45) is 0.382. The molecule has 0 amide bonds. The van der Waals surface area contributed by atoms with E-state index in [4.69, 9.17) is 14.2 Å². The van der Waals surface area contributed by atoms with E-state index >= 15 is 0 Å². The Kier molecular flexibility index (Phi) is 3.61. The van der Waals surface area contributed by atoms with Crippen LogP contribution < -0.4 is 9.47 Å². The highest BCUT2D eigenvalue weighted by atomic mass is 16.6. The molecule has 6 heteroatoms. The summed E-state index contributed by atoms with van der Waals surface area (Å²) in [7, 11) is 2.94. The lowest BCUT2D eigenvalue weighted by molar-refractivity contribution is -0.385. The lowest BCUT2D eigenvalue weighted by Gasteiger charge is -2.30. The molecule has 0 unspecified atom stereocenters. The molecule has 0 aromatic heterocycles. The molecule has 1 aliphatic heterocycles. The van der Waals surface area contributed by atoms with E-state index in [0.717, 1.165) is 11.1 Å². The molecule has 0 saturated heterocycles. The number of nitro benzene ring substituents is 1. The number of benzene rings is 1. The molecule has 0 saturated carbocycles. The molecule has 1 aliphatic rings. The number of rotatable bonds is 3. The first-order chi connectivity index (χ1) is 8.99. The molecule has 0 N–H and O–H groups in total. The van der Waals surface area contributed by atoms with Gasteiger partial charge in [-0.15, -0.1) is 0 Å². The zero-order valence-electron chi connectivity index (χ0n) is 11.4. The van der Waals surface area contributed by atoms with Gasteiger partial charge in [-0.25, -0.2) is 0 Å². The van der Waals surface area contributed by atoms with Crippen LogP contribution in [0.15, 0.2) is 6.07 Å². The number of nitrogens with zero attached hydrogens (tertiary/aromatic N) is 1. The normalized spacial score (nSPS) is 21.7. The Bertz CT molecular complexity index is 514. The van der Waals surface area contributed by atoms with Gasteiger partial charge in [0.15, 0.2) is 0 Å². The monoisotopic (exact) mass is 267 g/mol. The van der Waals surface area contributed by atoms with Crippen LogP contribution in [0.2, 0.25) is 0 Å². The second-order valence-electron chi connectivity index (χ2n) is 4.57. The number of nitro groups is 1. The molecule has 2 rings (SSSR count). The molecule has 104 valence electrons. The van der Waals surface area contributed by atoms with Crippen LogP contribution in [0.25, 0.3) is 0 Å². The summed E-state index contributed by atoms with van der Waals surface area (Å²) in [6.45, 7) is 3.84. The Morgan fingerprint density at radius 1 is 1.37 bits per heavy atom. The molecule has 0 fully saturated rings. The van der Waals surface area contributed by atoms with Gasteiger partial charge >= 0.3 is 5.69 Å². The second-order valence-corrected chi connectivity index (χ2v) is 4.57. The average molecular weight is 267 g/mol. The van der Waals surface area contributed by atoms with Crippen LogP contribution in [0.3, 0.4) is 0 Å². The predicted octanol–water partition coefficient (Wildman–Crippen LogP) is 2.63. The van der Waals surface area contributed by atoms with E-state index in [1.165, 1.54) is 20.3 Å². The number of methoxy groups -OCH3 is 2. The minimum atomic E-state index is -0.452. The van der Waals surface area contributed by atoms with Crippen LogP contribution in [0.5, 0.6) is 11.5 Å². The van der Waals surface area contributed by atoms with Crippen molar-refractivity contribution in [3.63, 3.8) is 0 Å². The van der Waals surface area contributed by atoms with E-state index in [-0.39, 0.29) is 17.9 Å². The minimum Gasteiger partial charge on any atom is -0.496 e. The zero-order valence-corrected chi connectivity index (χ0v) is 11.4. The standard InChI is InChI=1S/C13H17NO5/c1-7-5-9-12(8(2)19-7)11(17-3)6-10(14(15)16)13(9)18-4/h6-8H,5H2,1-4H3/t7-,8+/m0/s1. The number of hydrogen-bond acceptors (Lipinski definition) is 5. The zero-order chi connectivity index (χ0) is 14.2. The van der Waals surface area contributed by atoms with E-state index in [1.54, 1.807) is 0 Å². The third kappa shape index (κ3) is 2.23. The highest BCUT2D eigenvalue weighted by Gasteiger charge is 2.33. The summed E-state index contributed by atoms with van der Waals surface area (Å²) in [4.78, 5) is 10.7. The number of fused-ring (bicyclic) bond motifs is 1. The van der Waals surface area contributed by atoms with Crippen LogP contribution in [0.4, 0.5) is 5.69 Å². The van der Waals surface area contributed by atoms with Crippen molar-refractivity contribution in [1.82, 2.24) is 0 Å². The summed E-state index contributed by atoms with van der Waals surface area (Å²) in [6, 6.07) is 1.40. The maximum Gasteiger partial charge on any atom is 0.314 e. The summed E-state index contributed by atoms with van der Waals surface area (Å²) in [5.41, 5.74) is 1.57. The maximum absolute atomic E-state index is 11.1. The van der Waals surface area contributed by atoms with Crippen LogP contribution in [0.1, 0.15) is 31.1 Å². The van der Waals surface area contributed by atoms with Crippen LogP contribution in [0, 0.1) is 10.1 Å². The van der Waals surface area contributed by atoms with Gasteiger partial charge < -0.3 is 14.2 Å². The quantitative estimate of drug-likeness (QED) is 0.622. The van der Waals surface area contributed by atoms with E-state index < -0.39 is 4.92 Å². The highest BCUT2D eigenvalue weighted by molar-refractivity contribution is 5.62. The summed E-state index contributed by atoms with van der Waals surface area (Å²) < 4.78 is 16.3. The lowest BCUT2D eigenvalue weighted by atomic mass is 9.92. The van der Waals surface area contributed by atoms with E-state index in [9.17, 15) is 10.1 Å². The van der Waals surface area contributed by atoms with Crippen LogP contribution in [-0.4, -0.2) is 25.2 Å². The van der Waals surface area contributed by atoms with Crippen molar-refractivity contribution >= 4 is 5.69 Å². The molecule has 6 nitrogen and oxygen atoms in total. The van der Waals surface area contributed by atoms with Gasteiger partial charge in [-0.2, -0.15) is 0 Å². The minimum absolute atomic E-state index is 0.0110. The summed E-state index contributed by atoms with van der Waals surface area (Å²) in [5, 5.41) is 11.1. The molecule has 1 heterocycles. The Morgan fingerprint density at radius 2 is 2.05 bits per heavy atom. The third-order valence-corrected chi connectivity index (χ3v) is 3.32. The molecule has 1 aromatic rings. The van der Waals surface area contributed by atoms with Gasteiger partial charge in [-0.05, 0) is 13.8 Å². The van der Waals surface area contributed by atoms with Crippen molar-refractivity contribution in [1.29, 1.82) is 0 Å². The van der Waals surface area contributed by atoms with Crippen molar-refractivity contribution in [3.05, 3.63) is 27.3 Å². The van der Waals surface area contributed by atoms with Crippen molar-refractivity contribution in [2.24, 2.45) is 0 Å². The number of ether oxygens (including phenoxy) is 3. The average Bonchev–Trinajstić information content (AvgIpc) is 2.35. The molecular formula is C13H17NO5. The molecule has 19 heavy (non-hydrogen) atoms. The fourth-order valence-electron chi connectivity index (χ4n) is 2.63. The lowest BCUT2D eigenvalue weighted by Crippen LogP contribution is -2.23. The Balaban J connectivity index is 2.73. The van der Waals surface area contributed by atoms with E-state index in [0.29, 0.717) is 17.9 Å². The topological polar surface area (TPSA) is 70.8 Å². The molecule has 1 aromatic carbocycles. The Morgan fingerprint density at radius 3 is 2.58 bits per heavy atom. The predicted molar refractivity (Wildman–Crippen MR) is 68.9 cm³/mol. The fraction of sp³-hybridized carbons (Fsp3) is 0.538. The Labute approximate surface area is 111 Å². The maximum atomic E-state index is 11.1. The van der Waals surface area contributed by atoms with Crippen LogP contribution >= 0.6 is 0 Å². The molecule has 0 aliphatic carbocycles. The summed E-state index contributed by atoms with van der Waals surface area (Å²) >= 11 is 0. The van der Waals surface area contributed by atoms with E-state index in [2.05, 4.69) is 0 Å². The first-order valence-electron chi connectivity index (χ1n) is 6.07. The summed E-state index contributed by atoms with van der Waals surface area (Å²) in [5.74, 6) is 0.782. The molecular weight excluding hydrogens is 250 g/mol. The van der Waals surface area contributed by atoms with Crippen LogP contribution in [-0.2, 0) is 11.2 Å². The van der Waals surface area contributed by atoms with Gasteiger partial charge in [-0.1, -0.05) is 0 Å². The van der Waals surface area contributed by atoms with Gasteiger partial charge in [0.25, 0.3) is 0 Å². The molecule has 0 radical (unpaired) electrons. The van der Waals surface area contributed by atoms with Gasteiger partial charge in [-0.3, -0.25) is 10.1 Å². The van der Waals surface area contributed by atoms with Crippen molar-refractivity contribution < 1.29 is 19.1 Å². The molecule has 2 atom stereocenters.